The summed E-state index contributed by atoms with van der Waals surface area (Å²) in [5.41, 5.74) is 3.66. The average molecular weight is 410 g/mol. The predicted octanol–water partition coefficient (Wildman–Crippen LogP) is 3.28. The summed E-state index contributed by atoms with van der Waals surface area (Å²) >= 11 is 1.84. The Hall–Kier alpha value is -2.12. The van der Waals surface area contributed by atoms with Gasteiger partial charge in [-0.15, -0.1) is 10.2 Å². The lowest BCUT2D eigenvalue weighted by atomic mass is 9.93. The summed E-state index contributed by atoms with van der Waals surface area (Å²) in [6.07, 6.45) is 7.01. The highest BCUT2D eigenvalue weighted by Gasteiger charge is 2.50. The SMILES string of the molecule is CCn1cc(-c2ccc(C3(c4nnc5n4CCS[C@@](C)(CO)C5)CC3)cc2)cn1. The summed E-state index contributed by atoms with van der Waals surface area (Å²) in [6.45, 7) is 6.18. The number of rotatable bonds is 5. The third-order valence-electron chi connectivity index (χ3n) is 6.37. The molecule has 0 unspecified atom stereocenters. The lowest BCUT2D eigenvalue weighted by molar-refractivity contribution is 0.254. The molecule has 0 radical (unpaired) electrons. The number of aliphatic hydroxyl groups excluding tert-OH is 1. The van der Waals surface area contributed by atoms with E-state index >= 15 is 0 Å². The van der Waals surface area contributed by atoms with Crippen LogP contribution in [0, 0.1) is 0 Å². The van der Waals surface area contributed by atoms with Gasteiger partial charge in [0.25, 0.3) is 0 Å². The summed E-state index contributed by atoms with van der Waals surface area (Å²) in [6, 6.07) is 8.89. The molecule has 3 aromatic rings. The van der Waals surface area contributed by atoms with Gasteiger partial charge in [-0.2, -0.15) is 16.9 Å². The lowest BCUT2D eigenvalue weighted by Gasteiger charge is -2.23. The zero-order valence-electron chi connectivity index (χ0n) is 17.0. The Morgan fingerprint density at radius 2 is 1.93 bits per heavy atom. The fourth-order valence-electron chi connectivity index (χ4n) is 4.36. The number of hydrogen-bond donors (Lipinski definition) is 1. The van der Waals surface area contributed by atoms with Crippen LogP contribution in [0.15, 0.2) is 36.7 Å². The number of fused-ring (bicyclic) bond motifs is 1. The average Bonchev–Trinajstić information content (AvgIpc) is 3.30. The van der Waals surface area contributed by atoms with Crippen molar-refractivity contribution < 1.29 is 5.11 Å². The first kappa shape index (κ1) is 18.9. The first-order valence-corrected chi connectivity index (χ1v) is 11.4. The van der Waals surface area contributed by atoms with E-state index in [9.17, 15) is 5.11 Å². The molecule has 5 rings (SSSR count). The van der Waals surface area contributed by atoms with Crippen molar-refractivity contribution in [3.63, 3.8) is 0 Å². The molecule has 0 amide bonds. The molecular formula is C22H27N5OS. The third-order valence-corrected chi connectivity index (χ3v) is 7.72. The van der Waals surface area contributed by atoms with E-state index in [1.807, 2.05) is 22.6 Å². The van der Waals surface area contributed by atoms with Crippen LogP contribution in [-0.2, 0) is 24.9 Å². The minimum Gasteiger partial charge on any atom is -0.395 e. The monoisotopic (exact) mass is 409 g/mol. The summed E-state index contributed by atoms with van der Waals surface area (Å²) < 4.78 is 4.11. The third kappa shape index (κ3) is 3.20. The second-order valence-corrected chi connectivity index (χ2v) is 10.2. The van der Waals surface area contributed by atoms with Crippen LogP contribution in [0.5, 0.6) is 0 Å². The van der Waals surface area contributed by atoms with Gasteiger partial charge in [0.15, 0.2) is 0 Å². The van der Waals surface area contributed by atoms with Gasteiger partial charge < -0.3 is 9.67 Å². The molecule has 3 heterocycles. The zero-order valence-corrected chi connectivity index (χ0v) is 17.8. The van der Waals surface area contributed by atoms with E-state index in [0.717, 1.165) is 55.3 Å². The van der Waals surface area contributed by atoms with Gasteiger partial charge in [-0.05, 0) is 37.8 Å². The Morgan fingerprint density at radius 3 is 2.59 bits per heavy atom. The predicted molar refractivity (Wildman–Crippen MR) is 115 cm³/mol. The normalized spacial score (nSPS) is 22.9. The molecule has 2 aliphatic rings. The fraction of sp³-hybridized carbons (Fsp3) is 0.500. The van der Waals surface area contributed by atoms with Gasteiger partial charge in [0.1, 0.15) is 11.6 Å². The quantitative estimate of drug-likeness (QED) is 0.700. The molecule has 1 N–H and O–H groups in total. The highest BCUT2D eigenvalue weighted by molar-refractivity contribution is 8.00. The van der Waals surface area contributed by atoms with Crippen molar-refractivity contribution >= 4 is 11.8 Å². The maximum atomic E-state index is 9.81. The van der Waals surface area contributed by atoms with Crippen molar-refractivity contribution in [1.82, 2.24) is 24.5 Å². The molecule has 2 aromatic heterocycles. The molecule has 0 bridgehead atoms. The summed E-state index contributed by atoms with van der Waals surface area (Å²) in [5.74, 6) is 3.09. The second kappa shape index (κ2) is 6.99. The van der Waals surface area contributed by atoms with Crippen LogP contribution in [-0.4, -0.2) is 46.8 Å². The maximum absolute atomic E-state index is 9.81. The molecule has 0 saturated heterocycles. The van der Waals surface area contributed by atoms with Crippen LogP contribution in [0.4, 0.5) is 0 Å². The summed E-state index contributed by atoms with van der Waals surface area (Å²) in [7, 11) is 0. The van der Waals surface area contributed by atoms with E-state index in [4.69, 9.17) is 0 Å². The van der Waals surface area contributed by atoms with Gasteiger partial charge in [-0.1, -0.05) is 24.3 Å². The smallest absolute Gasteiger partial charge is 0.143 e. The number of aliphatic hydroxyl groups is 1. The highest BCUT2D eigenvalue weighted by atomic mass is 32.2. The van der Waals surface area contributed by atoms with E-state index in [1.54, 1.807) is 0 Å². The molecule has 1 saturated carbocycles. The van der Waals surface area contributed by atoms with Crippen LogP contribution in [0.25, 0.3) is 11.1 Å². The highest BCUT2D eigenvalue weighted by Crippen LogP contribution is 2.53. The van der Waals surface area contributed by atoms with Crippen LogP contribution in [0.2, 0.25) is 0 Å². The van der Waals surface area contributed by atoms with Crippen molar-refractivity contribution in [2.24, 2.45) is 0 Å². The Labute approximate surface area is 175 Å². The second-order valence-electron chi connectivity index (χ2n) is 8.47. The summed E-state index contributed by atoms with van der Waals surface area (Å²) in [4.78, 5) is 0. The van der Waals surface area contributed by atoms with Gasteiger partial charge in [0, 0.05) is 41.8 Å². The molecule has 1 aliphatic carbocycles. The van der Waals surface area contributed by atoms with Crippen LogP contribution >= 0.6 is 11.8 Å². The van der Waals surface area contributed by atoms with Gasteiger partial charge in [-0.3, -0.25) is 4.68 Å². The van der Waals surface area contributed by atoms with Crippen LogP contribution in [0.1, 0.15) is 43.9 Å². The van der Waals surface area contributed by atoms with E-state index in [2.05, 4.69) is 64.2 Å². The van der Waals surface area contributed by atoms with Crippen LogP contribution < -0.4 is 0 Å². The van der Waals surface area contributed by atoms with Crippen molar-refractivity contribution in [2.75, 3.05) is 12.4 Å². The van der Waals surface area contributed by atoms with Crippen molar-refractivity contribution in [3.8, 4) is 11.1 Å². The number of aryl methyl sites for hydroxylation is 1. The van der Waals surface area contributed by atoms with E-state index < -0.39 is 0 Å². The standard InChI is InChI=1S/C22H27N5OS/c1-3-26-14-17(13-23-26)16-4-6-18(7-5-16)22(8-9-22)20-25-24-19-12-21(2,15-28)29-11-10-27(19)20/h4-7,13-14,28H,3,8-12,15H2,1-2H3/t21-/m1/s1. The van der Waals surface area contributed by atoms with Gasteiger partial charge in [0.05, 0.1) is 18.2 Å². The zero-order chi connectivity index (χ0) is 20.1. The number of benzene rings is 1. The molecule has 29 heavy (non-hydrogen) atoms. The van der Waals surface area contributed by atoms with E-state index in [-0.39, 0.29) is 16.8 Å². The maximum Gasteiger partial charge on any atom is 0.143 e. The number of aromatic nitrogens is 5. The number of thioether (sulfide) groups is 1. The minimum absolute atomic E-state index is 0.0119. The molecule has 152 valence electrons. The largest absolute Gasteiger partial charge is 0.395 e. The molecule has 6 nitrogen and oxygen atoms in total. The van der Waals surface area contributed by atoms with Crippen molar-refractivity contribution in [2.45, 2.75) is 56.4 Å². The Kier molecular flexibility index (Phi) is 4.55. The Bertz CT molecular complexity index is 1020. The molecule has 0 spiro atoms. The molecular weight excluding hydrogens is 382 g/mol. The topological polar surface area (TPSA) is 68.8 Å². The summed E-state index contributed by atoms with van der Waals surface area (Å²) in [5, 5.41) is 23.4. The Morgan fingerprint density at radius 1 is 1.14 bits per heavy atom. The van der Waals surface area contributed by atoms with Crippen molar-refractivity contribution in [1.29, 1.82) is 0 Å². The molecule has 1 atom stereocenters. The molecule has 1 fully saturated rings. The first-order chi connectivity index (χ1) is 14.1. The lowest BCUT2D eigenvalue weighted by Crippen LogP contribution is -2.28. The van der Waals surface area contributed by atoms with Crippen LogP contribution in [0.3, 0.4) is 0 Å². The number of hydrogen-bond acceptors (Lipinski definition) is 5. The van der Waals surface area contributed by atoms with E-state index in [1.165, 1.54) is 11.1 Å². The van der Waals surface area contributed by atoms with Gasteiger partial charge >= 0.3 is 0 Å². The van der Waals surface area contributed by atoms with Gasteiger partial charge in [-0.25, -0.2) is 0 Å². The minimum atomic E-state index is -0.167. The first-order valence-electron chi connectivity index (χ1n) is 10.4. The van der Waals surface area contributed by atoms with Crippen molar-refractivity contribution in [3.05, 3.63) is 53.9 Å². The molecule has 1 aliphatic heterocycles. The number of nitrogens with zero attached hydrogens (tertiary/aromatic N) is 5. The fourth-order valence-corrected chi connectivity index (χ4v) is 5.45. The molecule has 7 heteroatoms. The van der Waals surface area contributed by atoms with E-state index in [0.29, 0.717) is 0 Å². The Balaban J connectivity index is 1.45. The molecule has 1 aromatic carbocycles. The van der Waals surface area contributed by atoms with Gasteiger partial charge in [0.2, 0.25) is 0 Å².